The summed E-state index contributed by atoms with van der Waals surface area (Å²) >= 11 is 0. The Morgan fingerprint density at radius 1 is 0.273 bits per heavy atom. The molecule has 4 nitrogen and oxygen atoms in total. The van der Waals surface area contributed by atoms with Crippen LogP contribution in [-0.2, 0) is 0 Å². The second-order valence-electron chi connectivity index (χ2n) is 14.0. The number of benzene rings is 9. The van der Waals surface area contributed by atoms with Crippen molar-refractivity contribution in [3.05, 3.63) is 194 Å². The van der Waals surface area contributed by atoms with Crippen LogP contribution in [0, 0.1) is 0 Å². The molecule has 9 aromatic carbocycles. The second-order valence-corrected chi connectivity index (χ2v) is 14.0. The smallest absolute Gasteiger partial charge is 0.164 e. The first-order chi connectivity index (χ1) is 27.3. The summed E-state index contributed by atoms with van der Waals surface area (Å²) in [5.41, 5.74) is 8.35. The van der Waals surface area contributed by atoms with Crippen LogP contribution in [0.4, 0.5) is 0 Å². The third-order valence-electron chi connectivity index (χ3n) is 10.8. The van der Waals surface area contributed by atoms with Gasteiger partial charge in [-0.25, -0.2) is 15.0 Å². The van der Waals surface area contributed by atoms with Crippen LogP contribution in [0.15, 0.2) is 194 Å². The lowest BCUT2D eigenvalue weighted by atomic mass is 9.93. The first-order valence-corrected chi connectivity index (χ1v) is 18.6. The maximum absolute atomic E-state index is 5.27. The predicted molar refractivity (Wildman–Crippen MR) is 228 cm³/mol. The summed E-state index contributed by atoms with van der Waals surface area (Å²) in [7, 11) is 0. The third kappa shape index (κ3) is 5.11. The minimum absolute atomic E-state index is 0.619. The molecule has 0 atom stereocenters. The Balaban J connectivity index is 1.15. The normalized spacial score (nSPS) is 11.6. The van der Waals surface area contributed by atoms with Gasteiger partial charge in [-0.05, 0) is 73.8 Å². The molecule has 256 valence electrons. The summed E-state index contributed by atoms with van der Waals surface area (Å²) in [6.45, 7) is 0. The van der Waals surface area contributed by atoms with Gasteiger partial charge >= 0.3 is 0 Å². The summed E-state index contributed by atoms with van der Waals surface area (Å²) in [5, 5.41) is 9.76. The Morgan fingerprint density at radius 3 is 1.36 bits per heavy atom. The average molecular weight is 701 g/mol. The van der Waals surface area contributed by atoms with Crippen molar-refractivity contribution >= 4 is 54.1 Å². The van der Waals surface area contributed by atoms with E-state index >= 15 is 0 Å². The number of fused-ring (bicyclic) bond motifs is 9. The molecule has 0 saturated carbocycles. The predicted octanol–water partition coefficient (Wildman–Crippen LogP) is 13.1. The van der Waals surface area contributed by atoms with Gasteiger partial charge in [0.05, 0.1) is 11.0 Å². The maximum Gasteiger partial charge on any atom is 0.164 e. The number of rotatable bonds is 5. The Labute approximate surface area is 317 Å². The topological polar surface area (TPSA) is 43.6 Å². The number of nitrogens with zero attached hydrogens (tertiary/aromatic N) is 4. The lowest BCUT2D eigenvalue weighted by Gasteiger charge is -2.14. The van der Waals surface area contributed by atoms with Crippen LogP contribution in [0.2, 0.25) is 0 Å². The molecule has 0 bridgehead atoms. The zero-order valence-electron chi connectivity index (χ0n) is 29.8. The van der Waals surface area contributed by atoms with Gasteiger partial charge in [-0.3, -0.25) is 0 Å². The lowest BCUT2D eigenvalue weighted by molar-refractivity contribution is 1.07. The van der Waals surface area contributed by atoms with E-state index in [0.717, 1.165) is 44.5 Å². The van der Waals surface area contributed by atoms with Gasteiger partial charge in [-0.2, -0.15) is 0 Å². The molecule has 0 amide bonds. The molecule has 2 heterocycles. The molecule has 2 aromatic heterocycles. The minimum atomic E-state index is 0.619. The zero-order valence-corrected chi connectivity index (χ0v) is 29.8. The molecule has 0 N–H and O–H groups in total. The highest BCUT2D eigenvalue weighted by molar-refractivity contribution is 6.25. The second kappa shape index (κ2) is 12.6. The van der Waals surface area contributed by atoms with Crippen molar-refractivity contribution in [1.29, 1.82) is 0 Å². The fourth-order valence-corrected chi connectivity index (χ4v) is 8.33. The molecule has 0 aliphatic heterocycles. The fraction of sp³-hybridized carbons (Fsp3) is 0. The van der Waals surface area contributed by atoms with E-state index in [9.17, 15) is 0 Å². The van der Waals surface area contributed by atoms with Crippen LogP contribution in [0.25, 0.3) is 105 Å². The minimum Gasteiger partial charge on any atom is -0.309 e. The first kappa shape index (κ1) is 31.1. The van der Waals surface area contributed by atoms with Crippen molar-refractivity contribution in [3.8, 4) is 51.0 Å². The monoisotopic (exact) mass is 700 g/mol. The Bertz CT molecular complexity index is 3180. The third-order valence-corrected chi connectivity index (χ3v) is 10.8. The standard InChI is InChI=1S/C51H32N4/c1-2-15-33(16-3-1)37-19-4-9-26-45(37)51-53-49(34-17-14-18-36(31-34)55-47-27-12-10-24-43(47)44-25-11-13-28-48(44)55)52-50(54-51)35-29-30-42-40-22-6-5-20-38(40)39-21-7-8-23-41(39)46(42)32-35/h1-32H. The molecule has 0 fully saturated rings. The molecule has 0 unspecified atom stereocenters. The molecule has 0 spiro atoms. The van der Waals surface area contributed by atoms with E-state index in [1.807, 2.05) is 6.07 Å². The van der Waals surface area contributed by atoms with E-state index in [1.165, 1.54) is 43.1 Å². The van der Waals surface area contributed by atoms with E-state index in [2.05, 4.69) is 193 Å². The van der Waals surface area contributed by atoms with E-state index in [1.54, 1.807) is 0 Å². The van der Waals surface area contributed by atoms with Crippen molar-refractivity contribution < 1.29 is 0 Å². The summed E-state index contributed by atoms with van der Waals surface area (Å²) in [5.74, 6) is 1.88. The van der Waals surface area contributed by atoms with Crippen molar-refractivity contribution in [1.82, 2.24) is 19.5 Å². The van der Waals surface area contributed by atoms with Crippen LogP contribution >= 0.6 is 0 Å². The van der Waals surface area contributed by atoms with E-state index in [-0.39, 0.29) is 0 Å². The first-order valence-electron chi connectivity index (χ1n) is 18.6. The maximum atomic E-state index is 5.27. The molecular weight excluding hydrogens is 669 g/mol. The largest absolute Gasteiger partial charge is 0.309 e. The van der Waals surface area contributed by atoms with Crippen molar-refractivity contribution in [2.24, 2.45) is 0 Å². The van der Waals surface area contributed by atoms with Gasteiger partial charge in [0.1, 0.15) is 0 Å². The van der Waals surface area contributed by atoms with Crippen molar-refractivity contribution in [2.75, 3.05) is 0 Å². The van der Waals surface area contributed by atoms with Crippen LogP contribution in [0.5, 0.6) is 0 Å². The molecule has 0 saturated heterocycles. The number of para-hydroxylation sites is 2. The van der Waals surface area contributed by atoms with Gasteiger partial charge in [0.25, 0.3) is 0 Å². The summed E-state index contributed by atoms with van der Waals surface area (Å²) in [4.78, 5) is 15.8. The van der Waals surface area contributed by atoms with Gasteiger partial charge in [-0.15, -0.1) is 0 Å². The molecule has 0 aliphatic carbocycles. The highest BCUT2D eigenvalue weighted by Gasteiger charge is 2.18. The van der Waals surface area contributed by atoms with Crippen LogP contribution in [-0.4, -0.2) is 19.5 Å². The van der Waals surface area contributed by atoms with Crippen LogP contribution < -0.4 is 0 Å². The molecule has 0 aliphatic rings. The average Bonchev–Trinajstić information content (AvgIpc) is 3.61. The summed E-state index contributed by atoms with van der Waals surface area (Å²) < 4.78 is 2.33. The van der Waals surface area contributed by atoms with E-state index in [0.29, 0.717) is 17.5 Å². The quantitative estimate of drug-likeness (QED) is 0.168. The molecular formula is C51H32N4. The zero-order chi connectivity index (χ0) is 36.3. The van der Waals surface area contributed by atoms with Gasteiger partial charge in [0.15, 0.2) is 17.5 Å². The molecule has 11 rings (SSSR count). The lowest BCUT2D eigenvalue weighted by Crippen LogP contribution is -2.02. The number of aromatic nitrogens is 4. The Morgan fingerprint density at radius 2 is 0.727 bits per heavy atom. The molecule has 55 heavy (non-hydrogen) atoms. The number of hydrogen-bond acceptors (Lipinski definition) is 3. The Kier molecular flexibility index (Phi) is 7.14. The van der Waals surface area contributed by atoms with Crippen LogP contribution in [0.1, 0.15) is 0 Å². The van der Waals surface area contributed by atoms with Gasteiger partial charge in [-0.1, -0.05) is 164 Å². The number of hydrogen-bond donors (Lipinski definition) is 0. The van der Waals surface area contributed by atoms with Gasteiger partial charge in [0.2, 0.25) is 0 Å². The van der Waals surface area contributed by atoms with Crippen molar-refractivity contribution in [3.63, 3.8) is 0 Å². The highest BCUT2D eigenvalue weighted by atomic mass is 15.0. The van der Waals surface area contributed by atoms with Gasteiger partial charge < -0.3 is 4.57 Å². The summed E-state index contributed by atoms with van der Waals surface area (Å²) in [6.07, 6.45) is 0. The highest BCUT2D eigenvalue weighted by Crippen LogP contribution is 2.39. The Hall–Kier alpha value is -7.43. The fourth-order valence-electron chi connectivity index (χ4n) is 8.33. The summed E-state index contributed by atoms with van der Waals surface area (Å²) in [6, 6.07) is 68.6. The van der Waals surface area contributed by atoms with E-state index < -0.39 is 0 Å². The molecule has 0 radical (unpaired) electrons. The molecule has 4 heteroatoms. The van der Waals surface area contributed by atoms with E-state index in [4.69, 9.17) is 15.0 Å². The van der Waals surface area contributed by atoms with Crippen LogP contribution in [0.3, 0.4) is 0 Å². The molecule has 11 aromatic rings. The van der Waals surface area contributed by atoms with Gasteiger partial charge in [0, 0.05) is 33.2 Å². The SMILES string of the molecule is c1ccc(-c2ccccc2-c2nc(-c3cccc(-n4c5ccccc5c5ccccc54)c3)nc(-c3ccc4c5ccccc5c5ccccc5c4c3)n2)cc1. The van der Waals surface area contributed by atoms with Crippen molar-refractivity contribution in [2.45, 2.75) is 0 Å².